The van der Waals surface area contributed by atoms with Crippen LogP contribution < -0.4 is 5.73 Å². The third-order valence-electron chi connectivity index (χ3n) is 4.62. The SMILES string of the molecule is CCC(C)(C)c1ccc(-c2nc(C)c(C(C)C)c(N)n2)c(F)c1. The molecule has 0 unspecified atom stereocenters. The fraction of sp³-hybridized carbons (Fsp3) is 0.474. The number of aromatic nitrogens is 2. The van der Waals surface area contributed by atoms with Crippen LogP contribution >= 0.6 is 0 Å². The summed E-state index contributed by atoms with van der Waals surface area (Å²) in [4.78, 5) is 8.79. The lowest BCUT2D eigenvalue weighted by atomic mass is 9.82. The number of hydrogen-bond acceptors (Lipinski definition) is 3. The molecule has 0 aliphatic heterocycles. The van der Waals surface area contributed by atoms with E-state index in [0.717, 1.165) is 23.2 Å². The van der Waals surface area contributed by atoms with Crippen LogP contribution in [0, 0.1) is 12.7 Å². The number of anilines is 1. The van der Waals surface area contributed by atoms with E-state index < -0.39 is 0 Å². The van der Waals surface area contributed by atoms with Gasteiger partial charge in [-0.25, -0.2) is 14.4 Å². The molecule has 3 nitrogen and oxygen atoms in total. The average molecular weight is 315 g/mol. The molecule has 0 bridgehead atoms. The van der Waals surface area contributed by atoms with Crippen molar-refractivity contribution in [3.63, 3.8) is 0 Å². The summed E-state index contributed by atoms with van der Waals surface area (Å²) in [6.45, 7) is 12.3. The van der Waals surface area contributed by atoms with Gasteiger partial charge in [-0.1, -0.05) is 40.7 Å². The van der Waals surface area contributed by atoms with Gasteiger partial charge in [0.25, 0.3) is 0 Å². The topological polar surface area (TPSA) is 51.8 Å². The molecule has 2 N–H and O–H groups in total. The monoisotopic (exact) mass is 315 g/mol. The van der Waals surface area contributed by atoms with Gasteiger partial charge in [0.15, 0.2) is 5.82 Å². The summed E-state index contributed by atoms with van der Waals surface area (Å²) in [6, 6.07) is 5.29. The van der Waals surface area contributed by atoms with Crippen LogP contribution in [0.5, 0.6) is 0 Å². The minimum atomic E-state index is -0.305. The lowest BCUT2D eigenvalue weighted by molar-refractivity contribution is 0.501. The van der Waals surface area contributed by atoms with Gasteiger partial charge in [0.2, 0.25) is 0 Å². The molecular formula is C19H26FN3. The third kappa shape index (κ3) is 3.36. The molecule has 0 spiro atoms. The van der Waals surface area contributed by atoms with Crippen molar-refractivity contribution >= 4 is 5.82 Å². The molecular weight excluding hydrogens is 289 g/mol. The second-order valence-corrected chi connectivity index (χ2v) is 7.02. The lowest BCUT2D eigenvalue weighted by Gasteiger charge is -2.23. The van der Waals surface area contributed by atoms with Gasteiger partial charge in [0.05, 0.1) is 5.56 Å². The Morgan fingerprint density at radius 1 is 1.22 bits per heavy atom. The minimum Gasteiger partial charge on any atom is -0.383 e. The second kappa shape index (κ2) is 6.26. The molecule has 1 aromatic heterocycles. The summed E-state index contributed by atoms with van der Waals surface area (Å²) in [7, 11) is 0. The number of nitrogen functional groups attached to an aromatic ring is 1. The van der Waals surface area contributed by atoms with Crippen molar-refractivity contribution < 1.29 is 4.39 Å². The zero-order valence-electron chi connectivity index (χ0n) is 14.9. The molecule has 0 aliphatic carbocycles. The molecule has 2 rings (SSSR count). The second-order valence-electron chi connectivity index (χ2n) is 7.02. The van der Waals surface area contributed by atoms with Crippen molar-refractivity contribution in [3.05, 3.63) is 40.8 Å². The van der Waals surface area contributed by atoms with E-state index in [1.807, 2.05) is 26.8 Å². The Bertz CT molecular complexity index is 698. The van der Waals surface area contributed by atoms with Crippen LogP contribution in [-0.4, -0.2) is 9.97 Å². The number of halogens is 1. The molecule has 0 fully saturated rings. The molecule has 0 atom stereocenters. The molecule has 0 saturated heterocycles. The maximum Gasteiger partial charge on any atom is 0.164 e. The summed E-state index contributed by atoms with van der Waals surface area (Å²) < 4.78 is 14.6. The van der Waals surface area contributed by atoms with E-state index in [2.05, 4.69) is 30.7 Å². The Labute approximate surface area is 138 Å². The molecule has 0 saturated carbocycles. The van der Waals surface area contributed by atoms with Crippen molar-refractivity contribution in [2.45, 2.75) is 59.3 Å². The quantitative estimate of drug-likeness (QED) is 0.865. The van der Waals surface area contributed by atoms with Gasteiger partial charge < -0.3 is 5.73 Å². The van der Waals surface area contributed by atoms with E-state index in [1.165, 1.54) is 0 Å². The van der Waals surface area contributed by atoms with Gasteiger partial charge in [-0.3, -0.25) is 0 Å². The van der Waals surface area contributed by atoms with Crippen molar-refractivity contribution in [3.8, 4) is 11.4 Å². The van der Waals surface area contributed by atoms with Crippen LogP contribution in [0.15, 0.2) is 18.2 Å². The van der Waals surface area contributed by atoms with Crippen molar-refractivity contribution in [1.29, 1.82) is 0 Å². The highest BCUT2D eigenvalue weighted by Gasteiger charge is 2.21. The third-order valence-corrected chi connectivity index (χ3v) is 4.62. The number of nitrogens with two attached hydrogens (primary N) is 1. The van der Waals surface area contributed by atoms with Crippen LogP contribution in [0.3, 0.4) is 0 Å². The van der Waals surface area contributed by atoms with E-state index in [9.17, 15) is 4.39 Å². The largest absolute Gasteiger partial charge is 0.383 e. The zero-order valence-corrected chi connectivity index (χ0v) is 14.9. The fourth-order valence-electron chi connectivity index (χ4n) is 2.76. The number of benzene rings is 1. The van der Waals surface area contributed by atoms with Crippen LogP contribution in [0.25, 0.3) is 11.4 Å². The minimum absolute atomic E-state index is 0.0589. The normalized spacial score (nSPS) is 12.0. The first-order valence-electron chi connectivity index (χ1n) is 8.11. The summed E-state index contributed by atoms with van der Waals surface area (Å²) in [5.41, 5.74) is 9.10. The Morgan fingerprint density at radius 3 is 2.35 bits per heavy atom. The molecule has 23 heavy (non-hydrogen) atoms. The molecule has 4 heteroatoms. The Balaban J connectivity index is 2.52. The highest BCUT2D eigenvalue weighted by Crippen LogP contribution is 2.31. The summed E-state index contributed by atoms with van der Waals surface area (Å²) in [5.74, 6) is 0.712. The number of nitrogens with zero attached hydrogens (tertiary/aromatic N) is 2. The molecule has 0 aliphatic rings. The summed E-state index contributed by atoms with van der Waals surface area (Å²) in [5, 5.41) is 0. The van der Waals surface area contributed by atoms with E-state index in [0.29, 0.717) is 17.2 Å². The maximum absolute atomic E-state index is 14.6. The fourth-order valence-corrected chi connectivity index (χ4v) is 2.76. The van der Waals surface area contributed by atoms with Crippen LogP contribution in [0.2, 0.25) is 0 Å². The average Bonchev–Trinajstić information content (AvgIpc) is 2.45. The first-order valence-corrected chi connectivity index (χ1v) is 8.11. The van der Waals surface area contributed by atoms with Crippen molar-refractivity contribution in [2.75, 3.05) is 5.73 Å². The maximum atomic E-state index is 14.6. The smallest absolute Gasteiger partial charge is 0.164 e. The van der Waals surface area contributed by atoms with Gasteiger partial charge in [0, 0.05) is 11.3 Å². The molecule has 0 amide bonds. The Morgan fingerprint density at radius 2 is 1.87 bits per heavy atom. The van der Waals surface area contributed by atoms with E-state index in [1.54, 1.807) is 12.1 Å². The van der Waals surface area contributed by atoms with Crippen LogP contribution in [0.4, 0.5) is 10.2 Å². The molecule has 1 heterocycles. The van der Waals surface area contributed by atoms with Crippen molar-refractivity contribution in [2.24, 2.45) is 0 Å². The summed E-state index contributed by atoms with van der Waals surface area (Å²) in [6.07, 6.45) is 0.942. The van der Waals surface area contributed by atoms with Crippen molar-refractivity contribution in [1.82, 2.24) is 9.97 Å². The van der Waals surface area contributed by atoms with Crippen LogP contribution in [0.1, 0.15) is 63.8 Å². The van der Waals surface area contributed by atoms with E-state index in [4.69, 9.17) is 5.73 Å². The van der Waals surface area contributed by atoms with Gasteiger partial charge in [-0.2, -0.15) is 0 Å². The van der Waals surface area contributed by atoms with Gasteiger partial charge in [0.1, 0.15) is 11.6 Å². The van der Waals surface area contributed by atoms with E-state index in [-0.39, 0.29) is 17.2 Å². The Hall–Kier alpha value is -1.97. The van der Waals surface area contributed by atoms with Gasteiger partial charge >= 0.3 is 0 Å². The zero-order chi connectivity index (χ0) is 17.4. The number of rotatable bonds is 4. The number of aryl methyl sites for hydroxylation is 1. The van der Waals surface area contributed by atoms with Crippen LogP contribution in [-0.2, 0) is 5.41 Å². The first-order chi connectivity index (χ1) is 10.7. The first kappa shape index (κ1) is 17.4. The summed E-state index contributed by atoms with van der Waals surface area (Å²) >= 11 is 0. The standard InChI is InChI=1S/C19H26FN3/c1-7-19(5,6)13-8-9-14(15(20)10-13)18-22-12(4)16(11(2)3)17(21)23-18/h8-11H,7H2,1-6H3,(H2,21,22,23). The predicted molar refractivity (Wildman–Crippen MR) is 94.0 cm³/mol. The Kier molecular flexibility index (Phi) is 4.73. The molecule has 1 aromatic carbocycles. The van der Waals surface area contributed by atoms with E-state index >= 15 is 0 Å². The predicted octanol–water partition coefficient (Wildman–Crippen LogP) is 4.98. The number of hydrogen-bond donors (Lipinski definition) is 1. The molecule has 2 aromatic rings. The highest BCUT2D eigenvalue weighted by molar-refractivity contribution is 5.60. The lowest BCUT2D eigenvalue weighted by Crippen LogP contribution is -2.15. The van der Waals surface area contributed by atoms with Gasteiger partial charge in [-0.05, 0) is 42.4 Å². The highest BCUT2D eigenvalue weighted by atomic mass is 19.1. The molecule has 124 valence electrons. The molecule has 0 radical (unpaired) electrons. The van der Waals surface area contributed by atoms with Gasteiger partial charge in [-0.15, -0.1) is 0 Å².